The van der Waals surface area contributed by atoms with Crippen LogP contribution in [-0.2, 0) is 26.0 Å². The lowest BCUT2D eigenvalue weighted by atomic mass is 10.2. The highest BCUT2D eigenvalue weighted by Gasteiger charge is 2.25. The van der Waals surface area contributed by atoms with E-state index in [1.807, 2.05) is 0 Å². The van der Waals surface area contributed by atoms with Crippen LogP contribution < -0.4 is 14.9 Å². The first kappa shape index (κ1) is 21.5. The van der Waals surface area contributed by atoms with Gasteiger partial charge in [0.15, 0.2) is 0 Å². The van der Waals surface area contributed by atoms with E-state index in [1.165, 1.54) is 6.07 Å². The van der Waals surface area contributed by atoms with Crippen molar-refractivity contribution in [2.75, 3.05) is 23.3 Å². The molecular formula is C20H22BrN3O4S. The van der Waals surface area contributed by atoms with Gasteiger partial charge in [0.25, 0.3) is 0 Å². The molecule has 3 rings (SSSR count). The van der Waals surface area contributed by atoms with Crippen molar-refractivity contribution in [3.63, 3.8) is 0 Å². The Morgan fingerprint density at radius 2 is 1.86 bits per heavy atom. The molecule has 0 atom stereocenters. The van der Waals surface area contributed by atoms with Crippen LogP contribution in [0.15, 0.2) is 51.8 Å². The lowest BCUT2D eigenvalue weighted by molar-refractivity contribution is -0.118. The van der Waals surface area contributed by atoms with E-state index in [2.05, 4.69) is 26.0 Å². The standard InChI is InChI=1S/C20H22BrN3O4S/c1-2-20(26)24-12-10-14-13-17(7-8-18(14)24)29(27,28)22-11-9-19(25)23-16-5-3-15(21)4-6-16/h3-8,13,22H,2,9-12H2,1H3,(H,23,25). The molecule has 1 aliphatic rings. The number of nitrogens with one attached hydrogen (secondary N) is 2. The van der Waals surface area contributed by atoms with Crippen molar-refractivity contribution < 1.29 is 18.0 Å². The predicted octanol–water partition coefficient (Wildman–Crippen LogP) is 3.06. The number of sulfonamides is 1. The normalized spacial score (nSPS) is 13.2. The number of rotatable bonds is 7. The minimum absolute atomic E-state index is 0.0117. The molecule has 29 heavy (non-hydrogen) atoms. The number of carbonyl (C=O) groups excluding carboxylic acids is 2. The summed E-state index contributed by atoms with van der Waals surface area (Å²) < 4.78 is 28.5. The maximum Gasteiger partial charge on any atom is 0.240 e. The number of nitrogens with zero attached hydrogens (tertiary/aromatic N) is 1. The first-order valence-electron chi connectivity index (χ1n) is 9.28. The molecule has 2 aromatic carbocycles. The third-order valence-corrected chi connectivity index (χ3v) is 6.62. The van der Waals surface area contributed by atoms with Crippen LogP contribution in [0.3, 0.4) is 0 Å². The second-order valence-electron chi connectivity index (χ2n) is 6.64. The van der Waals surface area contributed by atoms with E-state index in [1.54, 1.807) is 48.2 Å². The summed E-state index contributed by atoms with van der Waals surface area (Å²) in [5.41, 5.74) is 2.25. The summed E-state index contributed by atoms with van der Waals surface area (Å²) in [5.74, 6) is -0.257. The van der Waals surface area contributed by atoms with Crippen molar-refractivity contribution in [3.8, 4) is 0 Å². The van der Waals surface area contributed by atoms with Gasteiger partial charge in [-0.1, -0.05) is 22.9 Å². The minimum atomic E-state index is -3.74. The monoisotopic (exact) mass is 479 g/mol. The van der Waals surface area contributed by atoms with E-state index >= 15 is 0 Å². The first-order chi connectivity index (χ1) is 13.8. The van der Waals surface area contributed by atoms with Gasteiger partial charge in [0.2, 0.25) is 21.8 Å². The zero-order valence-electron chi connectivity index (χ0n) is 15.9. The molecule has 9 heteroatoms. The molecule has 2 N–H and O–H groups in total. The summed E-state index contributed by atoms with van der Waals surface area (Å²) in [6, 6.07) is 11.9. The van der Waals surface area contributed by atoms with Crippen molar-refractivity contribution in [3.05, 3.63) is 52.5 Å². The van der Waals surface area contributed by atoms with Crippen molar-refractivity contribution in [1.29, 1.82) is 0 Å². The van der Waals surface area contributed by atoms with Crippen LogP contribution in [0.2, 0.25) is 0 Å². The molecule has 1 heterocycles. The highest BCUT2D eigenvalue weighted by atomic mass is 79.9. The number of halogens is 1. The molecule has 2 aromatic rings. The third-order valence-electron chi connectivity index (χ3n) is 4.63. The van der Waals surface area contributed by atoms with Crippen LogP contribution in [0.5, 0.6) is 0 Å². The molecule has 0 spiro atoms. The Balaban J connectivity index is 1.58. The molecule has 0 aromatic heterocycles. The van der Waals surface area contributed by atoms with Gasteiger partial charge in [0.1, 0.15) is 0 Å². The maximum atomic E-state index is 12.6. The Kier molecular flexibility index (Phi) is 6.71. The molecule has 0 bridgehead atoms. The fraction of sp³-hybridized carbons (Fsp3) is 0.300. The van der Waals surface area contributed by atoms with Crippen molar-refractivity contribution in [2.45, 2.75) is 31.1 Å². The fourth-order valence-corrected chi connectivity index (χ4v) is 4.48. The van der Waals surface area contributed by atoms with Gasteiger partial charge in [-0.3, -0.25) is 9.59 Å². The van der Waals surface area contributed by atoms with Gasteiger partial charge in [0.05, 0.1) is 4.90 Å². The van der Waals surface area contributed by atoms with E-state index in [0.717, 1.165) is 15.7 Å². The van der Waals surface area contributed by atoms with E-state index in [4.69, 9.17) is 0 Å². The smallest absolute Gasteiger partial charge is 0.240 e. The quantitative estimate of drug-likeness (QED) is 0.637. The topological polar surface area (TPSA) is 95.6 Å². The third kappa shape index (κ3) is 5.23. The van der Waals surface area contributed by atoms with Gasteiger partial charge in [-0.05, 0) is 54.4 Å². The van der Waals surface area contributed by atoms with E-state index in [0.29, 0.717) is 25.1 Å². The molecule has 0 radical (unpaired) electrons. The van der Waals surface area contributed by atoms with Gasteiger partial charge < -0.3 is 10.2 Å². The summed E-state index contributed by atoms with van der Waals surface area (Å²) in [6.45, 7) is 2.35. The number of carbonyl (C=O) groups is 2. The molecule has 7 nitrogen and oxygen atoms in total. The SMILES string of the molecule is CCC(=O)N1CCc2cc(S(=O)(=O)NCCC(=O)Nc3ccc(Br)cc3)ccc21. The Bertz CT molecular complexity index is 1020. The number of fused-ring (bicyclic) bond motifs is 1. The predicted molar refractivity (Wildman–Crippen MR) is 115 cm³/mol. The summed E-state index contributed by atoms with van der Waals surface area (Å²) in [7, 11) is -3.74. The van der Waals surface area contributed by atoms with Crippen LogP contribution >= 0.6 is 15.9 Å². The molecular weight excluding hydrogens is 458 g/mol. The van der Waals surface area contributed by atoms with Crippen LogP contribution in [0, 0.1) is 0 Å². The molecule has 0 unspecified atom stereocenters. The molecule has 2 amide bonds. The highest BCUT2D eigenvalue weighted by molar-refractivity contribution is 9.10. The van der Waals surface area contributed by atoms with E-state index < -0.39 is 10.0 Å². The highest BCUT2D eigenvalue weighted by Crippen LogP contribution is 2.30. The van der Waals surface area contributed by atoms with Gasteiger partial charge in [-0.15, -0.1) is 0 Å². The average Bonchev–Trinajstić information content (AvgIpc) is 3.12. The number of benzene rings is 2. The van der Waals surface area contributed by atoms with Gasteiger partial charge in [0, 0.05) is 41.8 Å². The number of hydrogen-bond acceptors (Lipinski definition) is 4. The number of amides is 2. The molecule has 0 saturated carbocycles. The Morgan fingerprint density at radius 3 is 2.55 bits per heavy atom. The largest absolute Gasteiger partial charge is 0.326 e. The summed E-state index contributed by atoms with van der Waals surface area (Å²) in [4.78, 5) is 25.8. The van der Waals surface area contributed by atoms with Gasteiger partial charge >= 0.3 is 0 Å². The number of hydrogen-bond donors (Lipinski definition) is 2. The van der Waals surface area contributed by atoms with Gasteiger partial charge in [-0.2, -0.15) is 0 Å². The first-order valence-corrected chi connectivity index (χ1v) is 11.6. The van der Waals surface area contributed by atoms with Crippen LogP contribution in [0.25, 0.3) is 0 Å². The second kappa shape index (κ2) is 9.06. The Morgan fingerprint density at radius 1 is 1.14 bits per heavy atom. The van der Waals surface area contributed by atoms with Crippen molar-refractivity contribution in [2.24, 2.45) is 0 Å². The lowest BCUT2D eigenvalue weighted by Gasteiger charge is -2.16. The zero-order chi connectivity index (χ0) is 21.0. The molecule has 0 aliphatic carbocycles. The van der Waals surface area contributed by atoms with Crippen LogP contribution in [0.1, 0.15) is 25.3 Å². The van der Waals surface area contributed by atoms with Crippen molar-refractivity contribution >= 4 is 49.1 Å². The summed E-state index contributed by atoms with van der Waals surface area (Å²) >= 11 is 3.32. The summed E-state index contributed by atoms with van der Waals surface area (Å²) in [5, 5.41) is 2.72. The Hall–Kier alpha value is -2.23. The second-order valence-corrected chi connectivity index (χ2v) is 9.32. The van der Waals surface area contributed by atoms with Crippen molar-refractivity contribution in [1.82, 2.24) is 4.72 Å². The average molecular weight is 480 g/mol. The summed E-state index contributed by atoms with van der Waals surface area (Å²) in [6.07, 6.45) is 1.04. The van der Waals surface area contributed by atoms with Crippen LogP contribution in [0.4, 0.5) is 11.4 Å². The number of anilines is 2. The van der Waals surface area contributed by atoms with Crippen LogP contribution in [-0.4, -0.2) is 33.3 Å². The molecule has 0 fully saturated rings. The molecule has 154 valence electrons. The molecule has 1 aliphatic heterocycles. The van der Waals surface area contributed by atoms with Gasteiger partial charge in [-0.25, -0.2) is 13.1 Å². The minimum Gasteiger partial charge on any atom is -0.326 e. The Labute approximate surface area is 178 Å². The lowest BCUT2D eigenvalue weighted by Crippen LogP contribution is -2.28. The zero-order valence-corrected chi connectivity index (χ0v) is 18.3. The van der Waals surface area contributed by atoms with E-state index in [-0.39, 0.29) is 29.7 Å². The molecule has 0 saturated heterocycles. The maximum absolute atomic E-state index is 12.6. The fourth-order valence-electron chi connectivity index (χ4n) is 3.13. The van der Waals surface area contributed by atoms with E-state index in [9.17, 15) is 18.0 Å².